The van der Waals surface area contributed by atoms with Gasteiger partial charge in [0.1, 0.15) is 14.0 Å². The Bertz CT molecular complexity index is 932. The first kappa shape index (κ1) is 16.8. The quantitative estimate of drug-likeness (QED) is 0.655. The van der Waals surface area contributed by atoms with Gasteiger partial charge in [0.2, 0.25) is 0 Å². The predicted molar refractivity (Wildman–Crippen MR) is 114 cm³/mol. The maximum absolute atomic E-state index is 10.8. The molecule has 2 heterocycles. The Kier molecular flexibility index (Phi) is 4.35. The van der Waals surface area contributed by atoms with Gasteiger partial charge in [0, 0.05) is 24.8 Å². The minimum Gasteiger partial charge on any atom is -0.507 e. The smallest absolute Gasteiger partial charge is 0.126 e. The van der Waals surface area contributed by atoms with E-state index in [9.17, 15) is 5.11 Å². The van der Waals surface area contributed by atoms with Gasteiger partial charge < -0.3 is 9.78 Å². The number of anilines is 1. The second-order valence-corrected chi connectivity index (χ2v) is 9.29. The first-order chi connectivity index (χ1) is 13.3. The lowest BCUT2D eigenvalue weighted by molar-refractivity contribution is 0.464. The summed E-state index contributed by atoms with van der Waals surface area (Å²) in [5, 5.41) is 11.9. The summed E-state index contributed by atoms with van der Waals surface area (Å²) in [6.45, 7) is 2.17. The number of phenolic OH excluding ortho intramolecular Hbond substituents is 1. The summed E-state index contributed by atoms with van der Waals surface area (Å²) in [5.74, 6) is 0.411. The molecule has 2 atom stereocenters. The van der Waals surface area contributed by atoms with E-state index in [0.29, 0.717) is 11.8 Å². The van der Waals surface area contributed by atoms with Gasteiger partial charge in [-0.05, 0) is 48.2 Å². The molecule has 3 aromatic rings. The van der Waals surface area contributed by atoms with Crippen LogP contribution in [0, 0.1) is 0 Å². The summed E-state index contributed by atoms with van der Waals surface area (Å²) in [4.78, 5) is 0. The molecule has 0 unspecified atom stereocenters. The maximum Gasteiger partial charge on any atom is 0.126 e. The average Bonchev–Trinajstić information content (AvgIpc) is 3.31. The van der Waals surface area contributed by atoms with Crippen molar-refractivity contribution in [2.45, 2.75) is 18.9 Å². The van der Waals surface area contributed by atoms with Gasteiger partial charge in [-0.25, -0.2) is 0 Å². The Labute approximate surface area is 161 Å². The van der Waals surface area contributed by atoms with E-state index >= 15 is 0 Å². The summed E-state index contributed by atoms with van der Waals surface area (Å²) in [6, 6.07) is 27.8. The molecule has 0 aliphatic carbocycles. The lowest BCUT2D eigenvalue weighted by atomic mass is 10.1. The Morgan fingerprint density at radius 3 is 2.37 bits per heavy atom. The molecule has 0 radical (unpaired) electrons. The third-order valence-corrected chi connectivity index (χ3v) is 8.21. The number of hydrogen-bond donors (Lipinski definition) is 1. The van der Waals surface area contributed by atoms with E-state index in [-0.39, 0.29) is 0 Å². The van der Waals surface area contributed by atoms with Gasteiger partial charge in [-0.15, -0.1) is 0 Å². The van der Waals surface area contributed by atoms with Gasteiger partial charge in [0.15, 0.2) is 0 Å². The number of aromatic hydroxyl groups is 1. The van der Waals surface area contributed by atoms with Gasteiger partial charge in [0.25, 0.3) is 0 Å². The maximum atomic E-state index is 10.8. The van der Waals surface area contributed by atoms with Gasteiger partial charge in [-0.1, -0.05) is 54.6 Å². The van der Waals surface area contributed by atoms with Crippen molar-refractivity contribution in [1.82, 2.24) is 4.67 Å². The van der Waals surface area contributed by atoms with Crippen molar-refractivity contribution in [2.24, 2.45) is 0 Å². The number of para-hydroxylation sites is 1. The van der Waals surface area contributed by atoms with E-state index in [0.717, 1.165) is 18.4 Å². The van der Waals surface area contributed by atoms with E-state index in [4.69, 9.17) is 0 Å². The zero-order valence-electron chi connectivity index (χ0n) is 15.2. The molecule has 3 aromatic carbocycles. The highest BCUT2D eigenvalue weighted by molar-refractivity contribution is 7.65. The van der Waals surface area contributed by atoms with E-state index < -0.39 is 8.22 Å². The standard InChI is InChI=1S/C23H23N2OP/c26-22-14-13-19(18-8-3-1-4-9-18)16-23(22)27-24-15-7-12-21(24)17-25(27)20-10-5-2-6-11-20/h1-6,8-11,13-14,16,21,26H,7,12,15,17H2/t21-,27+/m0/s1. The van der Waals surface area contributed by atoms with Crippen LogP contribution in [-0.2, 0) is 0 Å². The van der Waals surface area contributed by atoms with E-state index in [2.05, 4.69) is 70.0 Å². The molecule has 0 spiro atoms. The fourth-order valence-electron chi connectivity index (χ4n) is 4.25. The molecular formula is C23H23N2OP. The highest BCUT2D eigenvalue weighted by atomic mass is 31.1. The zero-order valence-corrected chi connectivity index (χ0v) is 16.1. The predicted octanol–water partition coefficient (Wildman–Crippen LogP) is 4.98. The Morgan fingerprint density at radius 2 is 1.59 bits per heavy atom. The highest BCUT2D eigenvalue weighted by Gasteiger charge is 2.44. The molecular weight excluding hydrogens is 351 g/mol. The van der Waals surface area contributed by atoms with Crippen molar-refractivity contribution in [2.75, 3.05) is 17.8 Å². The molecule has 0 aromatic heterocycles. The second kappa shape index (κ2) is 6.99. The molecule has 3 nitrogen and oxygen atoms in total. The summed E-state index contributed by atoms with van der Waals surface area (Å²) >= 11 is 0. The highest BCUT2D eigenvalue weighted by Crippen LogP contribution is 2.56. The van der Waals surface area contributed by atoms with Crippen molar-refractivity contribution in [3.8, 4) is 16.9 Å². The molecule has 27 heavy (non-hydrogen) atoms. The van der Waals surface area contributed by atoms with Crippen LogP contribution in [0.1, 0.15) is 12.8 Å². The molecule has 0 saturated carbocycles. The summed E-state index contributed by atoms with van der Waals surface area (Å²) in [6.07, 6.45) is 2.51. The molecule has 0 bridgehead atoms. The molecule has 136 valence electrons. The number of fused-ring (bicyclic) bond motifs is 1. The minimum absolute atomic E-state index is 0.411. The van der Waals surface area contributed by atoms with Crippen LogP contribution in [0.4, 0.5) is 5.69 Å². The van der Waals surface area contributed by atoms with Crippen LogP contribution >= 0.6 is 8.22 Å². The SMILES string of the molecule is Oc1ccc(-c2ccccc2)cc1[P@@]1N(c2ccccc2)C[C@@H]2CCCN21. The van der Waals surface area contributed by atoms with E-state index in [1.165, 1.54) is 29.7 Å². The van der Waals surface area contributed by atoms with Gasteiger partial charge in [-0.3, -0.25) is 4.67 Å². The van der Waals surface area contributed by atoms with Crippen LogP contribution in [0.2, 0.25) is 0 Å². The van der Waals surface area contributed by atoms with Gasteiger partial charge in [-0.2, -0.15) is 0 Å². The molecule has 2 fully saturated rings. The lowest BCUT2D eigenvalue weighted by Gasteiger charge is -2.31. The van der Waals surface area contributed by atoms with Crippen molar-refractivity contribution in [3.63, 3.8) is 0 Å². The fourth-order valence-corrected chi connectivity index (χ4v) is 7.12. The van der Waals surface area contributed by atoms with Crippen molar-refractivity contribution in [1.29, 1.82) is 0 Å². The lowest BCUT2D eigenvalue weighted by Crippen LogP contribution is -2.23. The number of benzene rings is 3. The normalized spacial score (nSPS) is 22.1. The number of nitrogens with zero attached hydrogens (tertiary/aromatic N) is 2. The van der Waals surface area contributed by atoms with Gasteiger partial charge in [0.05, 0.1) is 5.30 Å². The Balaban J connectivity index is 1.60. The number of hydrogen-bond acceptors (Lipinski definition) is 3. The molecule has 2 aliphatic rings. The monoisotopic (exact) mass is 374 g/mol. The number of phenols is 1. The van der Waals surface area contributed by atoms with Crippen LogP contribution in [0.3, 0.4) is 0 Å². The van der Waals surface area contributed by atoms with Crippen LogP contribution in [0.5, 0.6) is 5.75 Å². The average molecular weight is 374 g/mol. The molecule has 5 rings (SSSR count). The molecule has 0 amide bonds. The van der Waals surface area contributed by atoms with Crippen molar-refractivity contribution in [3.05, 3.63) is 78.9 Å². The number of rotatable bonds is 3. The summed E-state index contributed by atoms with van der Waals surface area (Å²) in [5.41, 5.74) is 3.61. The van der Waals surface area contributed by atoms with Crippen LogP contribution in [-0.4, -0.2) is 28.9 Å². The molecule has 1 N–H and O–H groups in total. The topological polar surface area (TPSA) is 26.7 Å². The second-order valence-electron chi connectivity index (χ2n) is 7.24. The largest absolute Gasteiger partial charge is 0.507 e. The van der Waals surface area contributed by atoms with E-state index in [1.54, 1.807) is 0 Å². The van der Waals surface area contributed by atoms with Crippen LogP contribution in [0.15, 0.2) is 78.9 Å². The third-order valence-electron chi connectivity index (χ3n) is 5.55. The first-order valence-corrected chi connectivity index (χ1v) is 10.8. The van der Waals surface area contributed by atoms with Crippen molar-refractivity contribution >= 4 is 19.2 Å². The summed E-state index contributed by atoms with van der Waals surface area (Å²) in [7, 11) is -0.731. The Morgan fingerprint density at radius 1 is 0.852 bits per heavy atom. The molecule has 4 heteroatoms. The van der Waals surface area contributed by atoms with E-state index in [1.807, 2.05) is 18.2 Å². The third kappa shape index (κ3) is 3.01. The molecule has 2 aliphatic heterocycles. The van der Waals surface area contributed by atoms with Crippen LogP contribution in [0.25, 0.3) is 11.1 Å². The zero-order chi connectivity index (χ0) is 18.2. The fraction of sp³-hybridized carbons (Fsp3) is 0.217. The molecule has 2 saturated heterocycles. The summed E-state index contributed by atoms with van der Waals surface area (Å²) < 4.78 is 5.15. The van der Waals surface area contributed by atoms with Gasteiger partial charge >= 0.3 is 0 Å². The minimum atomic E-state index is -0.731. The van der Waals surface area contributed by atoms with Crippen molar-refractivity contribution < 1.29 is 5.11 Å². The van der Waals surface area contributed by atoms with Crippen LogP contribution < -0.4 is 9.97 Å². The first-order valence-electron chi connectivity index (χ1n) is 9.59. The Hall–Kier alpha value is -2.35.